The van der Waals surface area contributed by atoms with Crippen LogP contribution in [0.3, 0.4) is 0 Å². The van der Waals surface area contributed by atoms with Gasteiger partial charge in [-0.1, -0.05) is 63.2 Å². The number of rotatable bonds is 7. The van der Waals surface area contributed by atoms with Crippen LogP contribution in [0.5, 0.6) is 11.5 Å². The zero-order valence-corrected chi connectivity index (χ0v) is 21.8. The number of amides is 1. The number of ether oxygens (including phenoxy) is 2. The number of sulfonamides is 1. The van der Waals surface area contributed by atoms with Crippen LogP contribution in [-0.2, 0) is 20.2 Å². The second-order valence-corrected chi connectivity index (χ2v) is 11.7. The van der Waals surface area contributed by atoms with Crippen LogP contribution < -0.4 is 19.1 Å². The maximum Gasteiger partial charge on any atom is 0.264 e. The lowest BCUT2D eigenvalue weighted by atomic mass is 9.86. The van der Waals surface area contributed by atoms with E-state index in [-0.39, 0.29) is 22.9 Å². The van der Waals surface area contributed by atoms with E-state index in [0.29, 0.717) is 30.4 Å². The lowest BCUT2D eigenvalue weighted by Crippen LogP contribution is -2.41. The summed E-state index contributed by atoms with van der Waals surface area (Å²) in [5, 5.41) is 2.94. The van der Waals surface area contributed by atoms with E-state index in [0.717, 1.165) is 9.87 Å². The number of fused-ring (bicyclic) bond motifs is 1. The van der Waals surface area contributed by atoms with Gasteiger partial charge in [-0.25, -0.2) is 8.42 Å². The fourth-order valence-electron chi connectivity index (χ4n) is 3.99. The predicted molar refractivity (Wildman–Crippen MR) is 140 cm³/mol. The third kappa shape index (κ3) is 5.65. The summed E-state index contributed by atoms with van der Waals surface area (Å²) < 4.78 is 39.5. The van der Waals surface area contributed by atoms with Crippen LogP contribution in [-0.4, -0.2) is 34.1 Å². The van der Waals surface area contributed by atoms with Crippen molar-refractivity contribution in [2.75, 3.05) is 24.1 Å². The number of carbonyl (C=O) groups is 1. The summed E-state index contributed by atoms with van der Waals surface area (Å²) in [5.74, 6) is 0.565. The number of nitrogens with one attached hydrogen (secondary N) is 1. The molecule has 1 unspecified atom stereocenters. The minimum Gasteiger partial charge on any atom is -0.486 e. The maximum absolute atomic E-state index is 13.6. The van der Waals surface area contributed by atoms with Crippen molar-refractivity contribution in [1.82, 2.24) is 5.32 Å². The first-order valence-electron chi connectivity index (χ1n) is 11.9. The number of hydrogen-bond donors (Lipinski definition) is 1. The first kappa shape index (κ1) is 25.6. The molecule has 0 bridgehead atoms. The number of nitrogens with zero attached hydrogens (tertiary/aromatic N) is 1. The van der Waals surface area contributed by atoms with Gasteiger partial charge in [0.2, 0.25) is 5.91 Å². The highest BCUT2D eigenvalue weighted by molar-refractivity contribution is 7.92. The summed E-state index contributed by atoms with van der Waals surface area (Å²) in [6.45, 7) is 8.72. The Hall–Kier alpha value is -3.52. The molecule has 0 saturated heterocycles. The van der Waals surface area contributed by atoms with Crippen LogP contribution in [0.15, 0.2) is 77.7 Å². The van der Waals surface area contributed by atoms with Crippen LogP contribution in [0.25, 0.3) is 0 Å². The highest BCUT2D eigenvalue weighted by atomic mass is 32.2. The summed E-state index contributed by atoms with van der Waals surface area (Å²) in [6.07, 6.45) is 0. The standard InChI is InChI=1S/C28H32N2O5S/c1-20(21-10-12-22(13-11-21)28(2,3)4)29-27(31)19-30(36(32,33)24-8-6-5-7-9-24)23-14-15-25-26(18-23)35-17-16-34-25/h5-15,18,20H,16-17,19H2,1-4H3,(H,29,31). The van der Waals surface area contributed by atoms with E-state index >= 15 is 0 Å². The van der Waals surface area contributed by atoms with Crippen molar-refractivity contribution >= 4 is 21.6 Å². The average Bonchev–Trinajstić information content (AvgIpc) is 2.87. The Balaban J connectivity index is 1.59. The molecule has 0 aliphatic carbocycles. The molecule has 1 N–H and O–H groups in total. The maximum atomic E-state index is 13.6. The highest BCUT2D eigenvalue weighted by Crippen LogP contribution is 2.35. The van der Waals surface area contributed by atoms with Gasteiger partial charge in [-0.2, -0.15) is 0 Å². The minimum atomic E-state index is -4.02. The Morgan fingerprint density at radius 3 is 2.22 bits per heavy atom. The van der Waals surface area contributed by atoms with Crippen LogP contribution in [0.1, 0.15) is 44.9 Å². The summed E-state index contributed by atoms with van der Waals surface area (Å²) >= 11 is 0. The molecule has 1 aliphatic heterocycles. The van der Waals surface area contributed by atoms with Crippen LogP contribution in [0.4, 0.5) is 5.69 Å². The lowest BCUT2D eigenvalue weighted by molar-refractivity contribution is -0.120. The molecule has 3 aromatic rings. The number of hydrogen-bond acceptors (Lipinski definition) is 5. The smallest absolute Gasteiger partial charge is 0.264 e. The van der Waals surface area contributed by atoms with E-state index in [1.165, 1.54) is 17.7 Å². The van der Waals surface area contributed by atoms with Crippen molar-refractivity contribution in [3.63, 3.8) is 0 Å². The Bertz CT molecular complexity index is 1320. The molecule has 36 heavy (non-hydrogen) atoms. The summed E-state index contributed by atoms with van der Waals surface area (Å²) in [6, 6.07) is 20.7. The summed E-state index contributed by atoms with van der Waals surface area (Å²) in [7, 11) is -4.02. The van der Waals surface area contributed by atoms with Crippen molar-refractivity contribution in [2.24, 2.45) is 0 Å². The molecule has 7 nitrogen and oxygen atoms in total. The van der Waals surface area contributed by atoms with E-state index in [9.17, 15) is 13.2 Å². The quantitative estimate of drug-likeness (QED) is 0.494. The van der Waals surface area contributed by atoms with Gasteiger partial charge >= 0.3 is 0 Å². The topological polar surface area (TPSA) is 84.9 Å². The molecule has 190 valence electrons. The second kappa shape index (κ2) is 10.2. The normalized spacial score (nSPS) is 14.1. The van der Waals surface area contributed by atoms with E-state index in [1.807, 2.05) is 19.1 Å². The third-order valence-corrected chi connectivity index (χ3v) is 7.87. The molecule has 1 heterocycles. The van der Waals surface area contributed by atoms with Crippen LogP contribution in [0, 0.1) is 0 Å². The first-order valence-corrected chi connectivity index (χ1v) is 13.4. The average molecular weight is 509 g/mol. The molecule has 0 spiro atoms. The first-order chi connectivity index (χ1) is 17.1. The zero-order chi connectivity index (χ0) is 25.9. The van der Waals surface area contributed by atoms with Crippen molar-refractivity contribution < 1.29 is 22.7 Å². The molecule has 8 heteroatoms. The summed E-state index contributed by atoms with van der Waals surface area (Å²) in [4.78, 5) is 13.2. The molecule has 0 saturated carbocycles. The molecular formula is C28H32N2O5S. The SMILES string of the molecule is CC(NC(=O)CN(c1ccc2c(c1)OCCO2)S(=O)(=O)c1ccccc1)c1ccc(C(C)(C)C)cc1. The van der Waals surface area contributed by atoms with Crippen molar-refractivity contribution in [3.8, 4) is 11.5 Å². The van der Waals surface area contributed by atoms with Gasteiger partial charge in [0.15, 0.2) is 11.5 Å². The molecule has 0 fully saturated rings. The molecule has 1 aliphatic rings. The van der Waals surface area contributed by atoms with E-state index in [4.69, 9.17) is 9.47 Å². The van der Waals surface area contributed by atoms with Crippen LogP contribution in [0.2, 0.25) is 0 Å². The molecule has 1 atom stereocenters. The lowest BCUT2D eigenvalue weighted by Gasteiger charge is -2.27. The van der Waals surface area contributed by atoms with E-state index in [1.54, 1.807) is 36.4 Å². The Kier molecular flexibility index (Phi) is 7.26. The fraction of sp³-hybridized carbons (Fsp3) is 0.321. The zero-order valence-electron chi connectivity index (χ0n) is 21.0. The summed E-state index contributed by atoms with van der Waals surface area (Å²) in [5.41, 5.74) is 2.48. The Morgan fingerprint density at radius 1 is 0.944 bits per heavy atom. The minimum absolute atomic E-state index is 0.0287. The van der Waals surface area contributed by atoms with E-state index in [2.05, 4.69) is 38.2 Å². The number of anilines is 1. The monoisotopic (exact) mass is 508 g/mol. The largest absolute Gasteiger partial charge is 0.486 e. The van der Waals surface area contributed by atoms with Gasteiger partial charge in [0, 0.05) is 6.07 Å². The van der Waals surface area contributed by atoms with Gasteiger partial charge in [-0.3, -0.25) is 9.10 Å². The van der Waals surface area contributed by atoms with E-state index < -0.39 is 15.9 Å². The van der Waals surface area contributed by atoms with Gasteiger partial charge < -0.3 is 14.8 Å². The van der Waals surface area contributed by atoms with Crippen molar-refractivity contribution in [3.05, 3.63) is 83.9 Å². The van der Waals surface area contributed by atoms with Crippen molar-refractivity contribution in [2.45, 2.75) is 44.0 Å². The Morgan fingerprint density at radius 2 is 1.58 bits per heavy atom. The molecule has 4 rings (SSSR count). The molecule has 0 aromatic heterocycles. The molecule has 1 amide bonds. The Labute approximate surface area is 213 Å². The van der Waals surface area contributed by atoms with Gasteiger partial charge in [0.05, 0.1) is 16.6 Å². The molecule has 3 aromatic carbocycles. The predicted octanol–water partition coefficient (Wildman–Crippen LogP) is 4.83. The fourth-order valence-corrected chi connectivity index (χ4v) is 5.43. The van der Waals surface area contributed by atoms with Gasteiger partial charge in [0.1, 0.15) is 19.8 Å². The highest BCUT2D eigenvalue weighted by Gasteiger charge is 2.29. The van der Waals surface area contributed by atoms with Gasteiger partial charge in [-0.15, -0.1) is 0 Å². The van der Waals surface area contributed by atoms with Gasteiger partial charge in [0.25, 0.3) is 10.0 Å². The van der Waals surface area contributed by atoms with Crippen LogP contribution >= 0.6 is 0 Å². The molecular weight excluding hydrogens is 476 g/mol. The third-order valence-electron chi connectivity index (χ3n) is 6.09. The number of carbonyl (C=O) groups excluding carboxylic acids is 1. The number of benzene rings is 3. The van der Waals surface area contributed by atoms with Gasteiger partial charge in [-0.05, 0) is 47.7 Å². The van der Waals surface area contributed by atoms with Crippen molar-refractivity contribution in [1.29, 1.82) is 0 Å². The molecule has 0 radical (unpaired) electrons. The second-order valence-electron chi connectivity index (χ2n) is 9.81.